The van der Waals surface area contributed by atoms with Crippen LogP contribution >= 0.6 is 0 Å². The summed E-state index contributed by atoms with van der Waals surface area (Å²) in [4.78, 5) is 12.3. The number of aryl methyl sites for hydroxylation is 3. The molecule has 0 atom stereocenters. The molecule has 0 fully saturated rings. The van der Waals surface area contributed by atoms with Crippen LogP contribution in [0.3, 0.4) is 0 Å². The van der Waals surface area contributed by atoms with Crippen LogP contribution in [0, 0.1) is 13.8 Å². The molecule has 0 aliphatic heterocycles. The molecule has 156 valence electrons. The lowest BCUT2D eigenvalue weighted by molar-refractivity contribution is -0.121. The molecule has 1 N–H and O–H groups in total. The highest BCUT2D eigenvalue weighted by atomic mass is 16.2. The minimum atomic E-state index is -0.251. The lowest BCUT2D eigenvalue weighted by Crippen LogP contribution is -2.23. The molecule has 1 aliphatic carbocycles. The summed E-state index contributed by atoms with van der Waals surface area (Å²) < 4.78 is 3.81. The summed E-state index contributed by atoms with van der Waals surface area (Å²) in [5.41, 5.74) is 11.5. The van der Waals surface area contributed by atoms with Crippen molar-refractivity contribution in [1.82, 2.24) is 25.0 Å². The van der Waals surface area contributed by atoms with Crippen molar-refractivity contribution < 1.29 is 4.79 Å². The van der Waals surface area contributed by atoms with E-state index in [0.717, 1.165) is 34.4 Å². The monoisotopic (exact) mass is 412 g/mol. The molecule has 31 heavy (non-hydrogen) atoms. The molecule has 5 rings (SSSR count). The second-order valence-electron chi connectivity index (χ2n) is 8.00. The number of fused-ring (bicyclic) bond motifs is 2. The van der Waals surface area contributed by atoms with Crippen molar-refractivity contribution in [2.45, 2.75) is 39.7 Å². The van der Waals surface area contributed by atoms with Gasteiger partial charge >= 0.3 is 0 Å². The first-order chi connectivity index (χ1) is 15.1. The van der Waals surface area contributed by atoms with Gasteiger partial charge in [-0.25, -0.2) is 10.1 Å². The summed E-state index contributed by atoms with van der Waals surface area (Å²) in [6.07, 6.45) is 5.28. The average Bonchev–Trinajstić information content (AvgIpc) is 3.46. The van der Waals surface area contributed by atoms with Crippen LogP contribution in [0.1, 0.15) is 34.5 Å². The Hall–Kier alpha value is -3.74. The van der Waals surface area contributed by atoms with Gasteiger partial charge in [0.25, 0.3) is 5.91 Å². The standard InChI is InChI=1S/C24H24N6O/c1-16-12-20(17(2)30(16)21-11-10-18-6-5-7-19(18)13-21)14-25-27-24(31)15-29-23-9-4-3-8-22(23)26-28-29/h3-4,8-14H,5-7,15H2,1-2H3,(H,27,31)/b25-14-. The molecule has 0 unspecified atom stereocenters. The van der Waals surface area contributed by atoms with Crippen LogP contribution in [0.25, 0.3) is 16.7 Å². The summed E-state index contributed by atoms with van der Waals surface area (Å²) in [5.74, 6) is -0.251. The molecular weight excluding hydrogens is 388 g/mol. The van der Waals surface area contributed by atoms with Gasteiger partial charge in [-0.1, -0.05) is 23.4 Å². The summed E-state index contributed by atoms with van der Waals surface area (Å²) >= 11 is 0. The Morgan fingerprint density at radius 1 is 1.13 bits per heavy atom. The Bertz CT molecular complexity index is 1310. The van der Waals surface area contributed by atoms with E-state index in [2.05, 4.69) is 63.5 Å². The number of benzene rings is 2. The Morgan fingerprint density at radius 2 is 1.97 bits per heavy atom. The Kier molecular flexibility index (Phi) is 4.86. The molecule has 1 aliphatic rings. The summed E-state index contributed by atoms with van der Waals surface area (Å²) in [6.45, 7) is 4.23. The van der Waals surface area contributed by atoms with Gasteiger partial charge in [-0.2, -0.15) is 5.10 Å². The smallest absolute Gasteiger partial charge is 0.261 e. The van der Waals surface area contributed by atoms with Crippen LogP contribution in [-0.2, 0) is 24.2 Å². The third kappa shape index (κ3) is 3.63. The van der Waals surface area contributed by atoms with Gasteiger partial charge in [0, 0.05) is 22.6 Å². The van der Waals surface area contributed by atoms with E-state index in [1.807, 2.05) is 24.3 Å². The second-order valence-corrected chi connectivity index (χ2v) is 8.00. The quantitative estimate of drug-likeness (QED) is 0.403. The number of hydrogen-bond acceptors (Lipinski definition) is 4. The Labute approximate surface area is 180 Å². The number of nitrogens with zero attached hydrogens (tertiary/aromatic N) is 5. The number of rotatable bonds is 5. The number of amides is 1. The van der Waals surface area contributed by atoms with Gasteiger partial charge < -0.3 is 4.57 Å². The highest BCUT2D eigenvalue weighted by molar-refractivity contribution is 5.84. The molecule has 2 aromatic carbocycles. The zero-order valence-electron chi connectivity index (χ0n) is 17.7. The average molecular weight is 412 g/mol. The zero-order chi connectivity index (χ0) is 21.4. The number of carbonyl (C=O) groups is 1. The molecule has 0 spiro atoms. The van der Waals surface area contributed by atoms with E-state index in [1.54, 1.807) is 10.9 Å². The van der Waals surface area contributed by atoms with E-state index in [1.165, 1.54) is 29.7 Å². The molecule has 4 aromatic rings. The number of nitrogens with one attached hydrogen (secondary N) is 1. The van der Waals surface area contributed by atoms with Crippen LogP contribution in [0.15, 0.2) is 53.6 Å². The van der Waals surface area contributed by atoms with Crippen molar-refractivity contribution in [3.05, 3.63) is 76.6 Å². The largest absolute Gasteiger partial charge is 0.318 e. The lowest BCUT2D eigenvalue weighted by Gasteiger charge is -2.11. The van der Waals surface area contributed by atoms with Crippen LogP contribution in [0.2, 0.25) is 0 Å². The number of carbonyl (C=O) groups excluding carboxylic acids is 1. The minimum absolute atomic E-state index is 0.0615. The van der Waals surface area contributed by atoms with Crippen molar-refractivity contribution >= 4 is 23.2 Å². The first-order valence-electron chi connectivity index (χ1n) is 10.5. The molecule has 7 heteroatoms. The Balaban J connectivity index is 1.30. The van der Waals surface area contributed by atoms with Crippen molar-refractivity contribution in [1.29, 1.82) is 0 Å². The van der Waals surface area contributed by atoms with Gasteiger partial charge in [0.1, 0.15) is 12.1 Å². The molecular formula is C24H24N6O. The van der Waals surface area contributed by atoms with Gasteiger partial charge in [-0.3, -0.25) is 4.79 Å². The fraction of sp³-hybridized carbons (Fsp3) is 0.250. The van der Waals surface area contributed by atoms with Crippen molar-refractivity contribution in [2.75, 3.05) is 0 Å². The molecule has 2 heterocycles. The third-order valence-electron chi connectivity index (χ3n) is 5.92. The number of aromatic nitrogens is 4. The molecule has 0 saturated carbocycles. The molecule has 0 saturated heterocycles. The van der Waals surface area contributed by atoms with E-state index < -0.39 is 0 Å². The van der Waals surface area contributed by atoms with Gasteiger partial charge in [0.15, 0.2) is 0 Å². The predicted octanol–water partition coefficient (Wildman–Crippen LogP) is 3.48. The maximum atomic E-state index is 12.3. The molecule has 0 radical (unpaired) electrons. The number of para-hydroxylation sites is 1. The molecule has 2 aromatic heterocycles. The summed E-state index contributed by atoms with van der Waals surface area (Å²) in [7, 11) is 0. The first-order valence-corrected chi connectivity index (χ1v) is 10.5. The van der Waals surface area contributed by atoms with E-state index in [9.17, 15) is 4.79 Å². The molecule has 7 nitrogen and oxygen atoms in total. The van der Waals surface area contributed by atoms with Crippen molar-refractivity contribution in [3.8, 4) is 5.69 Å². The van der Waals surface area contributed by atoms with Crippen molar-refractivity contribution in [2.24, 2.45) is 5.10 Å². The highest BCUT2D eigenvalue weighted by Crippen LogP contribution is 2.27. The van der Waals surface area contributed by atoms with Crippen LogP contribution in [0.5, 0.6) is 0 Å². The van der Waals surface area contributed by atoms with Crippen molar-refractivity contribution in [3.63, 3.8) is 0 Å². The van der Waals surface area contributed by atoms with Gasteiger partial charge in [-0.15, -0.1) is 5.10 Å². The van der Waals surface area contributed by atoms with Gasteiger partial charge in [0.2, 0.25) is 0 Å². The van der Waals surface area contributed by atoms with Crippen LogP contribution in [-0.4, -0.2) is 31.7 Å². The van der Waals surface area contributed by atoms with E-state index in [-0.39, 0.29) is 12.5 Å². The topological polar surface area (TPSA) is 77.1 Å². The van der Waals surface area contributed by atoms with Gasteiger partial charge in [-0.05, 0) is 74.6 Å². The minimum Gasteiger partial charge on any atom is -0.318 e. The molecule has 1 amide bonds. The van der Waals surface area contributed by atoms with E-state index in [4.69, 9.17) is 0 Å². The van der Waals surface area contributed by atoms with E-state index >= 15 is 0 Å². The zero-order valence-corrected chi connectivity index (χ0v) is 17.7. The SMILES string of the molecule is Cc1cc(/C=N\NC(=O)Cn2nnc3ccccc32)c(C)n1-c1ccc2c(c1)CCC2. The second kappa shape index (κ2) is 7.83. The molecule has 0 bridgehead atoms. The number of hydrogen-bond donors (Lipinski definition) is 1. The highest BCUT2D eigenvalue weighted by Gasteiger charge is 2.14. The number of hydrazone groups is 1. The maximum Gasteiger partial charge on any atom is 0.261 e. The third-order valence-corrected chi connectivity index (χ3v) is 5.92. The summed E-state index contributed by atoms with van der Waals surface area (Å²) in [6, 6.07) is 16.4. The predicted molar refractivity (Wildman–Crippen MR) is 121 cm³/mol. The fourth-order valence-electron chi connectivity index (χ4n) is 4.39. The van der Waals surface area contributed by atoms with Crippen LogP contribution < -0.4 is 5.43 Å². The van der Waals surface area contributed by atoms with E-state index in [0.29, 0.717) is 0 Å². The first kappa shape index (κ1) is 19.2. The van der Waals surface area contributed by atoms with Gasteiger partial charge in [0.05, 0.1) is 11.7 Å². The Morgan fingerprint density at radius 3 is 2.87 bits per heavy atom. The maximum absolute atomic E-state index is 12.3. The summed E-state index contributed by atoms with van der Waals surface area (Å²) in [5, 5.41) is 12.3. The lowest BCUT2D eigenvalue weighted by atomic mass is 10.1. The normalized spacial score (nSPS) is 13.2. The fourth-order valence-corrected chi connectivity index (χ4v) is 4.39. The van der Waals surface area contributed by atoms with Crippen LogP contribution in [0.4, 0.5) is 0 Å².